The molecule has 5 aliphatic rings. The summed E-state index contributed by atoms with van der Waals surface area (Å²) in [5.74, 6) is -5.84. The standard InChI is InChI=1S/C25H22O10/c1-33-16-4-9(2-3-14(16)27)18-12-8-34-25(32)13(12)7-11(19(18)24(25)31)23-22(30)21(29)20-15(28)5-10(26)6-17(20)35-23/h2-6,12-13,18,22-23,26-28,30,32H,7-8H2,1H3. The van der Waals surface area contributed by atoms with Crippen molar-refractivity contribution in [2.45, 2.75) is 30.3 Å². The average molecular weight is 482 g/mol. The van der Waals surface area contributed by atoms with Crippen LogP contribution in [0.15, 0.2) is 41.5 Å². The first-order valence-electron chi connectivity index (χ1n) is 11.1. The molecule has 10 nitrogen and oxygen atoms in total. The Morgan fingerprint density at radius 2 is 1.86 bits per heavy atom. The van der Waals surface area contributed by atoms with Crippen LogP contribution in [-0.4, -0.2) is 68.8 Å². The van der Waals surface area contributed by atoms with Crippen LogP contribution in [0.2, 0.25) is 0 Å². The SMILES string of the molecule is COc1cc(C2C3=C(C4Oc5cc(O)cc(O)c5C(=O)C4O)CC4C2COC4(O)C3=O)ccc1O. The Balaban J connectivity index is 1.52. The number of ketones is 2. The van der Waals surface area contributed by atoms with Gasteiger partial charge in [0.1, 0.15) is 22.8 Å². The molecule has 10 heteroatoms. The lowest BCUT2D eigenvalue weighted by Crippen LogP contribution is -2.57. The van der Waals surface area contributed by atoms with Crippen LogP contribution < -0.4 is 9.47 Å². The molecule has 2 aliphatic heterocycles. The molecule has 0 radical (unpaired) electrons. The summed E-state index contributed by atoms with van der Waals surface area (Å²) in [6.07, 6.45) is -2.86. The van der Waals surface area contributed by atoms with Gasteiger partial charge in [0.25, 0.3) is 0 Å². The molecule has 182 valence electrons. The number of hydrogen-bond acceptors (Lipinski definition) is 10. The van der Waals surface area contributed by atoms with Crippen LogP contribution >= 0.6 is 0 Å². The molecular weight excluding hydrogens is 460 g/mol. The predicted octanol–water partition coefficient (Wildman–Crippen LogP) is 1.13. The second kappa shape index (κ2) is 7.20. The van der Waals surface area contributed by atoms with Crippen molar-refractivity contribution in [3.05, 3.63) is 52.6 Å². The molecule has 3 aliphatic carbocycles. The third-order valence-electron chi connectivity index (χ3n) is 7.64. The van der Waals surface area contributed by atoms with E-state index in [9.17, 15) is 35.1 Å². The average Bonchev–Trinajstić information content (AvgIpc) is 3.12. The van der Waals surface area contributed by atoms with E-state index in [0.717, 1.165) is 12.1 Å². The maximum Gasteiger partial charge on any atom is 0.234 e. The number of methoxy groups -OCH3 is 1. The Kier molecular flexibility index (Phi) is 4.51. The highest BCUT2D eigenvalue weighted by atomic mass is 16.6. The van der Waals surface area contributed by atoms with E-state index in [1.807, 2.05) is 0 Å². The van der Waals surface area contributed by atoms with Gasteiger partial charge >= 0.3 is 0 Å². The van der Waals surface area contributed by atoms with Gasteiger partial charge in [-0.15, -0.1) is 0 Å². The number of benzene rings is 2. The van der Waals surface area contributed by atoms with Gasteiger partial charge in [-0.2, -0.15) is 0 Å². The molecule has 2 aromatic rings. The highest BCUT2D eigenvalue weighted by Crippen LogP contribution is 2.60. The van der Waals surface area contributed by atoms with Gasteiger partial charge in [-0.3, -0.25) is 9.59 Å². The number of ether oxygens (including phenoxy) is 3. The van der Waals surface area contributed by atoms with Crippen molar-refractivity contribution in [2.24, 2.45) is 11.8 Å². The fraction of sp³-hybridized carbons (Fsp3) is 0.360. The van der Waals surface area contributed by atoms with Gasteiger partial charge in [0, 0.05) is 35.5 Å². The summed E-state index contributed by atoms with van der Waals surface area (Å²) in [4.78, 5) is 26.5. The topological polar surface area (TPSA) is 163 Å². The van der Waals surface area contributed by atoms with E-state index in [1.54, 1.807) is 12.1 Å². The van der Waals surface area contributed by atoms with Crippen molar-refractivity contribution in [3.63, 3.8) is 0 Å². The van der Waals surface area contributed by atoms with Crippen LogP contribution in [0.25, 0.3) is 0 Å². The second-order valence-corrected chi connectivity index (χ2v) is 9.34. The minimum absolute atomic E-state index is 0.0789. The van der Waals surface area contributed by atoms with Crippen molar-refractivity contribution in [1.29, 1.82) is 0 Å². The van der Waals surface area contributed by atoms with Crippen LogP contribution in [0.4, 0.5) is 0 Å². The summed E-state index contributed by atoms with van der Waals surface area (Å²) in [5, 5.41) is 52.0. The van der Waals surface area contributed by atoms with Gasteiger partial charge in [-0.1, -0.05) is 6.07 Å². The van der Waals surface area contributed by atoms with Gasteiger partial charge in [0.2, 0.25) is 17.4 Å². The number of fused-ring (bicyclic) bond motifs is 2. The maximum absolute atomic E-state index is 13.6. The first-order valence-corrected chi connectivity index (χ1v) is 11.1. The lowest BCUT2D eigenvalue weighted by atomic mass is 9.57. The molecule has 35 heavy (non-hydrogen) atoms. The Bertz CT molecular complexity index is 1330. The van der Waals surface area contributed by atoms with Crippen molar-refractivity contribution in [1.82, 2.24) is 0 Å². The minimum atomic E-state index is -2.00. The number of phenols is 3. The molecule has 6 unspecified atom stereocenters. The van der Waals surface area contributed by atoms with Gasteiger partial charge < -0.3 is 39.7 Å². The molecule has 1 saturated heterocycles. The summed E-state index contributed by atoms with van der Waals surface area (Å²) in [6.45, 7) is 0.120. The zero-order valence-corrected chi connectivity index (χ0v) is 18.5. The normalized spacial score (nSPS) is 33.1. The number of aliphatic hydroxyl groups excluding tert-OH is 1. The fourth-order valence-electron chi connectivity index (χ4n) is 6.08. The van der Waals surface area contributed by atoms with Crippen molar-refractivity contribution < 1.29 is 49.3 Å². The van der Waals surface area contributed by atoms with E-state index in [2.05, 4.69) is 0 Å². The second-order valence-electron chi connectivity index (χ2n) is 9.34. The van der Waals surface area contributed by atoms with Crippen LogP contribution in [0.1, 0.15) is 28.3 Å². The molecule has 0 spiro atoms. The van der Waals surface area contributed by atoms with Gasteiger partial charge in [0.05, 0.1) is 13.7 Å². The summed E-state index contributed by atoms with van der Waals surface area (Å²) < 4.78 is 16.7. The van der Waals surface area contributed by atoms with Gasteiger partial charge in [-0.05, 0) is 29.7 Å². The first kappa shape index (κ1) is 21.9. The summed E-state index contributed by atoms with van der Waals surface area (Å²) in [5.41, 5.74) is 0.897. The molecule has 2 fully saturated rings. The molecule has 0 amide bonds. The third-order valence-corrected chi connectivity index (χ3v) is 7.64. The number of aliphatic hydroxyl groups is 2. The molecular formula is C25H22O10. The molecule has 5 N–H and O–H groups in total. The fourth-order valence-corrected chi connectivity index (χ4v) is 6.08. The summed E-state index contributed by atoms with van der Waals surface area (Å²) in [7, 11) is 1.40. The van der Waals surface area contributed by atoms with Crippen molar-refractivity contribution in [3.8, 4) is 28.7 Å². The number of hydrogen-bond donors (Lipinski definition) is 5. The Hall–Kier alpha value is -3.60. The maximum atomic E-state index is 13.6. The molecule has 6 atom stereocenters. The number of phenolic OH excluding ortho intramolecular Hbond substituents is 3. The smallest absolute Gasteiger partial charge is 0.234 e. The van der Waals surface area contributed by atoms with Crippen LogP contribution in [0.3, 0.4) is 0 Å². The molecule has 2 aromatic carbocycles. The minimum Gasteiger partial charge on any atom is -0.508 e. The Morgan fingerprint density at radius 3 is 2.60 bits per heavy atom. The van der Waals surface area contributed by atoms with Gasteiger partial charge in [-0.25, -0.2) is 0 Å². The van der Waals surface area contributed by atoms with Crippen molar-refractivity contribution in [2.75, 3.05) is 13.7 Å². The number of rotatable bonds is 3. The molecule has 1 saturated carbocycles. The molecule has 4 bridgehead atoms. The van der Waals surface area contributed by atoms with Crippen LogP contribution in [0.5, 0.6) is 28.7 Å². The zero-order chi connectivity index (χ0) is 24.8. The first-order chi connectivity index (χ1) is 16.7. The zero-order valence-electron chi connectivity index (χ0n) is 18.5. The largest absolute Gasteiger partial charge is 0.508 e. The van der Waals surface area contributed by atoms with E-state index >= 15 is 0 Å². The number of carbonyl (C=O) groups is 2. The predicted molar refractivity (Wildman–Crippen MR) is 116 cm³/mol. The quantitative estimate of drug-likeness (QED) is 0.429. The Morgan fingerprint density at radius 1 is 1.09 bits per heavy atom. The Labute approximate surface area is 198 Å². The number of carbonyl (C=O) groups excluding carboxylic acids is 2. The third kappa shape index (κ3) is 2.81. The lowest BCUT2D eigenvalue weighted by molar-refractivity contribution is -0.201. The molecule has 2 heterocycles. The highest BCUT2D eigenvalue weighted by molar-refractivity contribution is 6.08. The summed E-state index contributed by atoms with van der Waals surface area (Å²) >= 11 is 0. The van der Waals surface area contributed by atoms with Crippen molar-refractivity contribution >= 4 is 11.6 Å². The monoisotopic (exact) mass is 482 g/mol. The van der Waals surface area contributed by atoms with Crippen LogP contribution in [-0.2, 0) is 9.53 Å². The van der Waals surface area contributed by atoms with E-state index in [4.69, 9.17) is 14.2 Å². The summed E-state index contributed by atoms with van der Waals surface area (Å²) in [6, 6.07) is 6.82. The van der Waals surface area contributed by atoms with E-state index in [-0.39, 0.29) is 53.1 Å². The van der Waals surface area contributed by atoms with E-state index < -0.39 is 47.1 Å². The van der Waals surface area contributed by atoms with Crippen LogP contribution in [0, 0.1) is 11.8 Å². The number of aromatic hydroxyl groups is 3. The lowest BCUT2D eigenvalue weighted by Gasteiger charge is -2.48. The van der Waals surface area contributed by atoms with Gasteiger partial charge in [0.15, 0.2) is 23.7 Å². The van der Waals surface area contributed by atoms with E-state index in [1.165, 1.54) is 13.2 Å². The molecule has 7 rings (SSSR count). The highest BCUT2D eigenvalue weighted by Gasteiger charge is 2.67. The van der Waals surface area contributed by atoms with E-state index in [0.29, 0.717) is 11.1 Å². The number of Topliss-reactive ketones (excluding diaryl/α,β-unsaturated/α-hetero) is 2. The molecule has 0 aromatic heterocycles.